The van der Waals surface area contributed by atoms with E-state index in [0.29, 0.717) is 0 Å². The number of epoxide rings is 1. The molecule has 5 atom stereocenters. The highest BCUT2D eigenvalue weighted by Gasteiger charge is 2.71. The molecular weight excluding hydrogens is 276 g/mol. The summed E-state index contributed by atoms with van der Waals surface area (Å²) < 4.78 is 11.4. The van der Waals surface area contributed by atoms with Gasteiger partial charge in [-0.15, -0.1) is 0 Å². The summed E-state index contributed by atoms with van der Waals surface area (Å²) in [5.41, 5.74) is 4.93. The number of carboxylic acid groups (broad SMARTS) is 1. The van der Waals surface area contributed by atoms with Crippen LogP contribution in [-0.2, 0) is 19.1 Å². The molecule has 2 aliphatic rings. The van der Waals surface area contributed by atoms with Gasteiger partial charge in [-0.3, -0.25) is 4.79 Å². The molecule has 21 heavy (non-hydrogen) atoms. The summed E-state index contributed by atoms with van der Waals surface area (Å²) in [6.07, 6.45) is 0.769. The summed E-state index contributed by atoms with van der Waals surface area (Å²) >= 11 is 0. The fourth-order valence-electron chi connectivity index (χ4n) is 3.12. The minimum atomic E-state index is -1.26. The Bertz CT molecular complexity index is 426. The highest BCUT2D eigenvalue weighted by atomic mass is 16.7. The molecule has 0 aromatic rings. The lowest BCUT2D eigenvalue weighted by Crippen LogP contribution is -2.62. The largest absolute Gasteiger partial charge is 0.479 e. The van der Waals surface area contributed by atoms with E-state index in [0.717, 1.165) is 12.8 Å². The number of hydrogen-bond acceptors (Lipinski definition) is 5. The van der Waals surface area contributed by atoms with Gasteiger partial charge in [0.25, 0.3) is 0 Å². The first-order valence-corrected chi connectivity index (χ1v) is 7.45. The maximum Gasteiger partial charge on any atom is 0.338 e. The summed E-state index contributed by atoms with van der Waals surface area (Å²) in [6.45, 7) is 5.40. The van der Waals surface area contributed by atoms with Crippen molar-refractivity contribution in [2.45, 2.75) is 76.0 Å². The highest BCUT2D eigenvalue weighted by molar-refractivity contribution is 5.82. The molecule has 1 heterocycles. The number of carbonyl (C=O) groups excluding carboxylic acids is 1. The van der Waals surface area contributed by atoms with Gasteiger partial charge in [-0.2, -0.15) is 0 Å². The molecule has 0 spiro atoms. The second-order valence-electron chi connectivity index (χ2n) is 5.86. The zero-order chi connectivity index (χ0) is 15.8. The van der Waals surface area contributed by atoms with Crippen LogP contribution in [-0.4, -0.2) is 53.0 Å². The Morgan fingerprint density at radius 2 is 2.10 bits per heavy atom. The SMILES string of the molecule is CCC(CC)O[C@@H]1C2OC2(C(=O)O)C[C@H](NC(C)=O)[C@H]1N. The second kappa shape index (κ2) is 5.90. The average Bonchev–Trinajstić information content (AvgIpc) is 3.14. The molecule has 1 aliphatic heterocycles. The molecule has 7 nitrogen and oxygen atoms in total. The lowest BCUT2D eigenvalue weighted by molar-refractivity contribution is -0.145. The fourth-order valence-corrected chi connectivity index (χ4v) is 3.12. The zero-order valence-electron chi connectivity index (χ0n) is 12.7. The zero-order valence-corrected chi connectivity index (χ0v) is 12.7. The van der Waals surface area contributed by atoms with Crippen molar-refractivity contribution in [3.63, 3.8) is 0 Å². The first-order chi connectivity index (χ1) is 9.85. The van der Waals surface area contributed by atoms with Crippen molar-refractivity contribution in [2.24, 2.45) is 5.73 Å². The number of aliphatic carboxylic acids is 1. The van der Waals surface area contributed by atoms with Crippen molar-refractivity contribution < 1.29 is 24.2 Å². The van der Waals surface area contributed by atoms with Gasteiger partial charge < -0.3 is 25.6 Å². The summed E-state index contributed by atoms with van der Waals surface area (Å²) in [5.74, 6) is -1.26. The fraction of sp³-hybridized carbons (Fsp3) is 0.857. The quantitative estimate of drug-likeness (QED) is 0.596. The molecule has 2 rings (SSSR count). The molecule has 0 bridgehead atoms. The predicted octanol–water partition coefficient (Wildman–Crippen LogP) is 0.0181. The molecule has 120 valence electrons. The minimum absolute atomic E-state index is 0.00724. The molecule has 2 fully saturated rings. The van der Waals surface area contributed by atoms with Crippen LogP contribution in [0.15, 0.2) is 0 Å². The van der Waals surface area contributed by atoms with Crippen molar-refractivity contribution in [3.8, 4) is 0 Å². The van der Waals surface area contributed by atoms with Crippen molar-refractivity contribution >= 4 is 11.9 Å². The first-order valence-electron chi connectivity index (χ1n) is 7.45. The number of nitrogens with one attached hydrogen (secondary N) is 1. The van der Waals surface area contributed by atoms with E-state index < -0.39 is 35.9 Å². The Morgan fingerprint density at radius 1 is 1.48 bits per heavy atom. The standard InChI is InChI=1S/C14H24N2O5/c1-4-8(5-2)20-11-10(15)9(16-7(3)17)6-14(13(18)19)12(11)21-14/h8-12H,4-6,15H2,1-3H3,(H,16,17)(H,18,19)/t9-,10+,11-,12?,14?/m0/s1. The maximum atomic E-state index is 11.5. The number of hydrogen-bond donors (Lipinski definition) is 3. The van der Waals surface area contributed by atoms with E-state index in [9.17, 15) is 14.7 Å². The van der Waals surface area contributed by atoms with Crippen molar-refractivity contribution in [1.82, 2.24) is 5.32 Å². The van der Waals surface area contributed by atoms with E-state index in [2.05, 4.69) is 5.32 Å². The summed E-state index contributed by atoms with van der Waals surface area (Å²) in [7, 11) is 0. The molecule has 1 saturated heterocycles. The third-order valence-electron chi connectivity index (χ3n) is 4.42. The number of rotatable bonds is 6. The molecule has 0 radical (unpaired) electrons. The summed E-state index contributed by atoms with van der Waals surface area (Å²) in [5, 5.41) is 12.1. The van der Waals surface area contributed by atoms with Crippen LogP contribution < -0.4 is 11.1 Å². The van der Waals surface area contributed by atoms with E-state index in [1.54, 1.807) is 0 Å². The average molecular weight is 300 g/mol. The van der Waals surface area contributed by atoms with E-state index >= 15 is 0 Å². The van der Waals surface area contributed by atoms with Gasteiger partial charge >= 0.3 is 5.97 Å². The van der Waals surface area contributed by atoms with Gasteiger partial charge in [0.05, 0.1) is 12.1 Å². The molecule has 1 aliphatic carbocycles. The van der Waals surface area contributed by atoms with Crippen LogP contribution in [0.2, 0.25) is 0 Å². The van der Waals surface area contributed by atoms with Gasteiger partial charge in [0.1, 0.15) is 12.2 Å². The van der Waals surface area contributed by atoms with E-state index in [4.69, 9.17) is 15.2 Å². The Hall–Kier alpha value is -1.18. The monoisotopic (exact) mass is 300 g/mol. The number of ether oxygens (including phenoxy) is 2. The van der Waals surface area contributed by atoms with Gasteiger partial charge in [-0.1, -0.05) is 13.8 Å². The summed E-state index contributed by atoms with van der Waals surface area (Å²) in [4.78, 5) is 22.8. The Kier molecular flexibility index (Phi) is 4.55. The normalized spacial score (nSPS) is 38.0. The Morgan fingerprint density at radius 3 is 2.57 bits per heavy atom. The van der Waals surface area contributed by atoms with Crippen LogP contribution in [0.4, 0.5) is 0 Å². The van der Waals surface area contributed by atoms with Crippen molar-refractivity contribution in [1.29, 1.82) is 0 Å². The van der Waals surface area contributed by atoms with Crippen LogP contribution >= 0.6 is 0 Å². The van der Waals surface area contributed by atoms with Gasteiger partial charge in [0.2, 0.25) is 5.91 Å². The van der Waals surface area contributed by atoms with Gasteiger partial charge in [0, 0.05) is 19.4 Å². The third kappa shape index (κ3) is 2.90. The third-order valence-corrected chi connectivity index (χ3v) is 4.42. The number of nitrogens with two attached hydrogens (primary N) is 1. The first kappa shape index (κ1) is 16.2. The van der Waals surface area contributed by atoms with Crippen LogP contribution in [0.25, 0.3) is 0 Å². The van der Waals surface area contributed by atoms with Gasteiger partial charge in [-0.05, 0) is 12.8 Å². The van der Waals surface area contributed by atoms with Crippen LogP contribution in [0.5, 0.6) is 0 Å². The predicted molar refractivity (Wildman–Crippen MR) is 74.7 cm³/mol. The molecule has 2 unspecified atom stereocenters. The Labute approximate surface area is 124 Å². The molecule has 1 saturated carbocycles. The minimum Gasteiger partial charge on any atom is -0.479 e. The molecule has 7 heteroatoms. The molecular formula is C14H24N2O5. The van der Waals surface area contributed by atoms with Crippen LogP contribution in [0, 0.1) is 0 Å². The van der Waals surface area contributed by atoms with Crippen molar-refractivity contribution in [2.75, 3.05) is 0 Å². The topological polar surface area (TPSA) is 114 Å². The van der Waals surface area contributed by atoms with Crippen LogP contribution in [0.3, 0.4) is 0 Å². The maximum absolute atomic E-state index is 11.5. The number of amides is 1. The lowest BCUT2D eigenvalue weighted by Gasteiger charge is -2.37. The van der Waals surface area contributed by atoms with Crippen molar-refractivity contribution in [3.05, 3.63) is 0 Å². The number of fused-ring (bicyclic) bond motifs is 1. The molecule has 0 aromatic carbocycles. The molecule has 1 amide bonds. The summed E-state index contributed by atoms with van der Waals surface area (Å²) in [6, 6.07) is -0.939. The van der Waals surface area contributed by atoms with Gasteiger partial charge in [-0.25, -0.2) is 4.79 Å². The van der Waals surface area contributed by atoms with Crippen LogP contribution in [0.1, 0.15) is 40.0 Å². The second-order valence-corrected chi connectivity index (χ2v) is 5.86. The molecule has 4 N–H and O–H groups in total. The van der Waals surface area contributed by atoms with Gasteiger partial charge in [0.15, 0.2) is 5.60 Å². The van der Waals surface area contributed by atoms with E-state index in [1.165, 1.54) is 6.92 Å². The Balaban J connectivity index is 2.18. The smallest absolute Gasteiger partial charge is 0.338 e. The number of carbonyl (C=O) groups is 2. The number of carboxylic acids is 1. The molecule has 0 aromatic heterocycles. The van der Waals surface area contributed by atoms with E-state index in [-0.39, 0.29) is 18.4 Å². The van der Waals surface area contributed by atoms with E-state index in [1.807, 2.05) is 13.8 Å². The lowest BCUT2D eigenvalue weighted by atomic mass is 9.80. The highest BCUT2D eigenvalue weighted by Crippen LogP contribution is 2.49.